The highest BCUT2D eigenvalue weighted by atomic mass is 16.5. The molecule has 0 aliphatic carbocycles. The Morgan fingerprint density at radius 2 is 1.91 bits per heavy atom. The Balaban J connectivity index is 1.57. The standard InChI is InChI=1S/C24H32N6O3/c1-19(31)30-11-5-10-27(2)12-13-29(17-20-6-3-4-7-21(20)30)24(32)22-18-28(14-15-33-22)23-16-25-8-9-26-23/h3-4,6-9,16,22H,5,10-15,17-18H2,1-2H3. The summed E-state index contributed by atoms with van der Waals surface area (Å²) >= 11 is 0. The van der Waals surface area contributed by atoms with Crippen LogP contribution in [0.2, 0.25) is 0 Å². The number of fused-ring (bicyclic) bond motifs is 1. The molecule has 0 spiro atoms. The van der Waals surface area contributed by atoms with Crippen LogP contribution in [-0.4, -0.2) is 90.6 Å². The molecule has 1 saturated heterocycles. The Kier molecular flexibility index (Phi) is 7.51. The van der Waals surface area contributed by atoms with Crippen LogP contribution >= 0.6 is 0 Å². The van der Waals surface area contributed by atoms with Gasteiger partial charge in [-0.25, -0.2) is 4.98 Å². The van der Waals surface area contributed by atoms with E-state index in [1.807, 2.05) is 39.0 Å². The number of carbonyl (C=O) groups excluding carboxylic acids is 2. The van der Waals surface area contributed by atoms with Gasteiger partial charge in [0.25, 0.3) is 5.91 Å². The second-order valence-electron chi connectivity index (χ2n) is 8.59. The van der Waals surface area contributed by atoms with E-state index in [1.165, 1.54) is 0 Å². The van der Waals surface area contributed by atoms with Crippen LogP contribution in [0.5, 0.6) is 0 Å². The van der Waals surface area contributed by atoms with Crippen molar-refractivity contribution in [2.45, 2.75) is 26.0 Å². The number of ether oxygens (including phenoxy) is 1. The summed E-state index contributed by atoms with van der Waals surface area (Å²) in [6.45, 7) is 6.45. The van der Waals surface area contributed by atoms with Crippen LogP contribution in [0.15, 0.2) is 42.9 Å². The number of anilines is 2. The van der Waals surface area contributed by atoms with Crippen molar-refractivity contribution >= 4 is 23.3 Å². The van der Waals surface area contributed by atoms with Crippen molar-refractivity contribution in [3.05, 3.63) is 48.4 Å². The van der Waals surface area contributed by atoms with Gasteiger partial charge in [0.05, 0.1) is 19.3 Å². The normalized spacial score (nSPS) is 20.7. The SMILES string of the molecule is CC(=O)N1CCCN(C)CCN(C(=O)C2CN(c3cnccn3)CCO2)Cc2ccccc21. The third kappa shape index (κ3) is 5.66. The van der Waals surface area contributed by atoms with Crippen molar-refractivity contribution < 1.29 is 14.3 Å². The first-order valence-electron chi connectivity index (χ1n) is 11.5. The van der Waals surface area contributed by atoms with E-state index in [-0.39, 0.29) is 11.8 Å². The third-order valence-corrected chi connectivity index (χ3v) is 6.22. The van der Waals surface area contributed by atoms with E-state index >= 15 is 0 Å². The highest BCUT2D eigenvalue weighted by Gasteiger charge is 2.32. The van der Waals surface area contributed by atoms with Crippen LogP contribution in [0.3, 0.4) is 0 Å². The summed E-state index contributed by atoms with van der Waals surface area (Å²) in [5, 5.41) is 0. The van der Waals surface area contributed by atoms with Crippen LogP contribution in [0.25, 0.3) is 0 Å². The second kappa shape index (κ2) is 10.7. The molecule has 9 heteroatoms. The first-order chi connectivity index (χ1) is 16.0. The Morgan fingerprint density at radius 1 is 1.06 bits per heavy atom. The molecule has 1 aromatic heterocycles. The van der Waals surface area contributed by atoms with E-state index in [2.05, 4.69) is 21.9 Å². The van der Waals surface area contributed by atoms with Gasteiger partial charge in [0.1, 0.15) is 5.82 Å². The third-order valence-electron chi connectivity index (χ3n) is 6.22. The van der Waals surface area contributed by atoms with Crippen LogP contribution in [0.1, 0.15) is 18.9 Å². The Labute approximate surface area is 195 Å². The number of benzene rings is 1. The summed E-state index contributed by atoms with van der Waals surface area (Å²) in [5.74, 6) is 0.719. The first kappa shape index (κ1) is 23.1. The Morgan fingerprint density at radius 3 is 2.70 bits per heavy atom. The highest BCUT2D eigenvalue weighted by molar-refractivity contribution is 5.92. The molecule has 1 atom stereocenters. The van der Waals surface area contributed by atoms with Crippen molar-refractivity contribution in [2.24, 2.45) is 0 Å². The molecule has 2 amide bonds. The number of rotatable bonds is 2. The molecular formula is C24H32N6O3. The lowest BCUT2D eigenvalue weighted by Gasteiger charge is -2.36. The fourth-order valence-corrected chi connectivity index (χ4v) is 4.40. The molecule has 2 aliphatic heterocycles. The molecule has 1 aromatic carbocycles. The maximum Gasteiger partial charge on any atom is 0.253 e. The van der Waals surface area contributed by atoms with Crippen molar-refractivity contribution in [3.8, 4) is 0 Å². The van der Waals surface area contributed by atoms with Gasteiger partial charge in [-0.3, -0.25) is 14.6 Å². The fourth-order valence-electron chi connectivity index (χ4n) is 4.40. The van der Waals surface area contributed by atoms with Crippen LogP contribution < -0.4 is 9.80 Å². The summed E-state index contributed by atoms with van der Waals surface area (Å²) < 4.78 is 5.91. The molecular weight excluding hydrogens is 420 g/mol. The van der Waals surface area contributed by atoms with Crippen molar-refractivity contribution in [2.75, 3.05) is 62.7 Å². The largest absolute Gasteiger partial charge is 0.365 e. The molecule has 33 heavy (non-hydrogen) atoms. The second-order valence-corrected chi connectivity index (χ2v) is 8.59. The zero-order chi connectivity index (χ0) is 23.2. The predicted molar refractivity (Wildman–Crippen MR) is 126 cm³/mol. The number of carbonyl (C=O) groups is 2. The van der Waals surface area contributed by atoms with Gasteiger partial charge in [-0.2, -0.15) is 0 Å². The number of aromatic nitrogens is 2. The molecule has 0 radical (unpaired) electrons. The zero-order valence-corrected chi connectivity index (χ0v) is 19.4. The average Bonchev–Trinajstić information content (AvgIpc) is 2.87. The minimum Gasteiger partial charge on any atom is -0.365 e. The summed E-state index contributed by atoms with van der Waals surface area (Å²) in [6, 6.07) is 7.86. The van der Waals surface area contributed by atoms with Gasteiger partial charge in [-0.05, 0) is 31.6 Å². The zero-order valence-electron chi connectivity index (χ0n) is 19.4. The van der Waals surface area contributed by atoms with Crippen LogP contribution in [-0.2, 0) is 20.9 Å². The predicted octanol–water partition coefficient (Wildman–Crippen LogP) is 1.40. The van der Waals surface area contributed by atoms with E-state index in [0.29, 0.717) is 39.3 Å². The maximum absolute atomic E-state index is 13.7. The van der Waals surface area contributed by atoms with Gasteiger partial charge in [-0.15, -0.1) is 0 Å². The maximum atomic E-state index is 13.7. The van der Waals surface area contributed by atoms with Crippen molar-refractivity contribution in [1.82, 2.24) is 19.8 Å². The lowest BCUT2D eigenvalue weighted by Crippen LogP contribution is -2.52. The number of amides is 2. The van der Waals surface area contributed by atoms with E-state index in [9.17, 15) is 9.59 Å². The molecule has 0 bridgehead atoms. The quantitative estimate of drug-likeness (QED) is 0.681. The molecule has 0 saturated carbocycles. The summed E-state index contributed by atoms with van der Waals surface area (Å²) in [4.78, 5) is 42.5. The average molecular weight is 453 g/mol. The molecule has 1 unspecified atom stereocenters. The highest BCUT2D eigenvalue weighted by Crippen LogP contribution is 2.24. The Bertz CT molecular complexity index is 956. The Hall–Kier alpha value is -3.04. The first-order valence-corrected chi connectivity index (χ1v) is 11.5. The van der Waals surface area contributed by atoms with Gasteiger partial charge < -0.3 is 24.3 Å². The van der Waals surface area contributed by atoms with E-state index in [1.54, 1.807) is 25.5 Å². The van der Waals surface area contributed by atoms with Gasteiger partial charge in [0, 0.05) is 57.7 Å². The number of morpholine rings is 1. The molecule has 4 rings (SSSR count). The number of para-hydroxylation sites is 1. The van der Waals surface area contributed by atoms with Crippen LogP contribution in [0, 0.1) is 0 Å². The van der Waals surface area contributed by atoms with Gasteiger partial charge >= 0.3 is 0 Å². The van der Waals surface area contributed by atoms with Crippen molar-refractivity contribution in [1.29, 1.82) is 0 Å². The minimum absolute atomic E-state index is 0.0115. The number of nitrogens with zero attached hydrogens (tertiary/aromatic N) is 6. The molecule has 2 aromatic rings. The molecule has 9 nitrogen and oxygen atoms in total. The molecule has 0 N–H and O–H groups in total. The van der Waals surface area contributed by atoms with Gasteiger partial charge in [0.15, 0.2) is 6.10 Å². The molecule has 2 aliphatic rings. The lowest BCUT2D eigenvalue weighted by atomic mass is 10.1. The van der Waals surface area contributed by atoms with Gasteiger partial charge in [-0.1, -0.05) is 18.2 Å². The number of hydrogen-bond acceptors (Lipinski definition) is 7. The summed E-state index contributed by atoms with van der Waals surface area (Å²) in [5.41, 5.74) is 1.84. The summed E-state index contributed by atoms with van der Waals surface area (Å²) in [7, 11) is 2.05. The van der Waals surface area contributed by atoms with Gasteiger partial charge in [0.2, 0.25) is 5.91 Å². The fraction of sp³-hybridized carbons (Fsp3) is 0.500. The minimum atomic E-state index is -0.577. The number of likely N-dealkylation sites (N-methyl/N-ethyl adjacent to an activating group) is 1. The molecule has 3 heterocycles. The van der Waals surface area contributed by atoms with E-state index in [4.69, 9.17) is 4.74 Å². The summed E-state index contributed by atoms with van der Waals surface area (Å²) in [6.07, 6.45) is 5.30. The smallest absolute Gasteiger partial charge is 0.253 e. The topological polar surface area (TPSA) is 82.1 Å². The lowest BCUT2D eigenvalue weighted by molar-refractivity contribution is -0.145. The van der Waals surface area contributed by atoms with Crippen molar-refractivity contribution in [3.63, 3.8) is 0 Å². The van der Waals surface area contributed by atoms with Crippen LogP contribution in [0.4, 0.5) is 11.5 Å². The number of hydrogen-bond donors (Lipinski definition) is 0. The van der Waals surface area contributed by atoms with E-state index < -0.39 is 6.10 Å². The monoisotopic (exact) mass is 452 g/mol. The molecule has 1 fully saturated rings. The van der Waals surface area contributed by atoms with E-state index in [0.717, 1.165) is 36.6 Å². The molecule has 176 valence electrons.